The summed E-state index contributed by atoms with van der Waals surface area (Å²) in [5, 5.41) is 4.18. The van der Waals surface area contributed by atoms with Crippen LogP contribution in [0.5, 0.6) is 0 Å². The zero-order valence-corrected chi connectivity index (χ0v) is 8.65. The molecule has 5 heteroatoms. The number of hydrogen-bond acceptors (Lipinski definition) is 4. The van der Waals surface area contributed by atoms with Gasteiger partial charge in [0.25, 0.3) is 0 Å². The Morgan fingerprint density at radius 2 is 2.43 bits per heavy atom. The maximum absolute atomic E-state index is 11.0. The van der Waals surface area contributed by atoms with Crippen LogP contribution in [-0.2, 0) is 16.6 Å². The van der Waals surface area contributed by atoms with Crippen LogP contribution in [0.15, 0.2) is 6.07 Å². The van der Waals surface area contributed by atoms with Crippen molar-refractivity contribution in [1.82, 2.24) is 9.78 Å². The Balaban J connectivity index is 2.69. The van der Waals surface area contributed by atoms with Crippen LogP contribution in [0.2, 0.25) is 0 Å². The van der Waals surface area contributed by atoms with Crippen LogP contribution in [0.3, 0.4) is 0 Å². The number of ether oxygens (including phenoxy) is 1. The number of carbonyl (C=O) groups excluding carboxylic acids is 1. The number of aryl methyl sites for hydroxylation is 2. The van der Waals surface area contributed by atoms with Crippen molar-refractivity contribution in [2.75, 3.05) is 7.11 Å². The molecule has 0 aliphatic carbocycles. The summed E-state index contributed by atoms with van der Waals surface area (Å²) in [7, 11) is 3.18. The number of esters is 1. The monoisotopic (exact) mass is 197 g/mol. The van der Waals surface area contributed by atoms with E-state index in [9.17, 15) is 4.79 Å². The summed E-state index contributed by atoms with van der Waals surface area (Å²) in [6.07, 6.45) is 0.160. The molecule has 0 amide bonds. The largest absolute Gasteiger partial charge is 0.469 e. The molecule has 0 aromatic carbocycles. The molecule has 78 valence electrons. The van der Waals surface area contributed by atoms with E-state index < -0.39 is 0 Å². The minimum absolute atomic E-state index is 0.160. The van der Waals surface area contributed by atoms with Crippen molar-refractivity contribution in [3.8, 4) is 0 Å². The average molecular weight is 197 g/mol. The van der Waals surface area contributed by atoms with Gasteiger partial charge in [-0.2, -0.15) is 5.10 Å². The third-order valence-corrected chi connectivity index (χ3v) is 2.13. The molecule has 1 heterocycles. The fraction of sp³-hybridized carbons (Fsp3) is 0.556. The fourth-order valence-corrected chi connectivity index (χ4v) is 1.14. The van der Waals surface area contributed by atoms with Gasteiger partial charge in [-0.3, -0.25) is 9.48 Å². The zero-order chi connectivity index (χ0) is 10.7. The number of nitrogens with two attached hydrogens (primary N) is 1. The van der Waals surface area contributed by atoms with Crippen LogP contribution in [-0.4, -0.2) is 22.9 Å². The van der Waals surface area contributed by atoms with E-state index in [0.29, 0.717) is 0 Å². The lowest BCUT2D eigenvalue weighted by Crippen LogP contribution is -2.17. The summed E-state index contributed by atoms with van der Waals surface area (Å²) in [4.78, 5) is 11.0. The van der Waals surface area contributed by atoms with E-state index >= 15 is 0 Å². The summed E-state index contributed by atoms with van der Waals surface area (Å²) in [5.74, 6) is -0.319. The first-order chi connectivity index (χ1) is 6.54. The Labute approximate surface area is 82.8 Å². The van der Waals surface area contributed by atoms with Crippen LogP contribution < -0.4 is 5.73 Å². The Kier molecular flexibility index (Phi) is 3.24. The SMILES string of the molecule is COC(=O)CC(N)c1cc(C)n(C)n1. The van der Waals surface area contributed by atoms with Crippen LogP contribution in [0, 0.1) is 6.92 Å². The predicted molar refractivity (Wildman–Crippen MR) is 51.5 cm³/mol. The van der Waals surface area contributed by atoms with Crippen molar-refractivity contribution in [2.24, 2.45) is 12.8 Å². The van der Waals surface area contributed by atoms with Gasteiger partial charge < -0.3 is 10.5 Å². The first kappa shape index (κ1) is 10.7. The molecular weight excluding hydrogens is 182 g/mol. The lowest BCUT2D eigenvalue weighted by Gasteiger charge is -2.05. The first-order valence-electron chi connectivity index (χ1n) is 4.37. The van der Waals surface area contributed by atoms with Crippen molar-refractivity contribution in [2.45, 2.75) is 19.4 Å². The highest BCUT2D eigenvalue weighted by atomic mass is 16.5. The molecule has 14 heavy (non-hydrogen) atoms. The molecule has 1 aromatic rings. The lowest BCUT2D eigenvalue weighted by molar-refractivity contribution is -0.141. The minimum Gasteiger partial charge on any atom is -0.469 e. The van der Waals surface area contributed by atoms with E-state index in [-0.39, 0.29) is 18.4 Å². The summed E-state index contributed by atoms with van der Waals surface area (Å²) < 4.78 is 6.25. The van der Waals surface area contributed by atoms with Gasteiger partial charge in [-0.15, -0.1) is 0 Å². The van der Waals surface area contributed by atoms with Crippen molar-refractivity contribution in [3.63, 3.8) is 0 Å². The normalized spacial score (nSPS) is 12.6. The van der Waals surface area contributed by atoms with Gasteiger partial charge in [0.15, 0.2) is 0 Å². The van der Waals surface area contributed by atoms with E-state index in [1.807, 2.05) is 20.0 Å². The molecule has 0 aliphatic heterocycles. The first-order valence-corrected chi connectivity index (χ1v) is 4.37. The quantitative estimate of drug-likeness (QED) is 0.707. The maximum atomic E-state index is 11.0. The molecular formula is C9H15N3O2. The fourth-order valence-electron chi connectivity index (χ4n) is 1.14. The second-order valence-corrected chi connectivity index (χ2v) is 3.22. The van der Waals surface area contributed by atoms with Crippen molar-refractivity contribution in [1.29, 1.82) is 0 Å². The highest BCUT2D eigenvalue weighted by Gasteiger charge is 2.15. The summed E-state index contributed by atoms with van der Waals surface area (Å²) in [6, 6.07) is 1.48. The molecule has 1 atom stereocenters. The number of hydrogen-bond donors (Lipinski definition) is 1. The number of nitrogens with zero attached hydrogens (tertiary/aromatic N) is 2. The Morgan fingerprint density at radius 1 is 1.79 bits per heavy atom. The van der Waals surface area contributed by atoms with Gasteiger partial charge in [0, 0.05) is 12.7 Å². The second kappa shape index (κ2) is 4.23. The number of aromatic nitrogens is 2. The molecule has 0 saturated carbocycles. The van der Waals surface area contributed by atoms with Crippen LogP contribution >= 0.6 is 0 Å². The van der Waals surface area contributed by atoms with Gasteiger partial charge in [-0.1, -0.05) is 0 Å². The standard InChI is InChI=1S/C9H15N3O2/c1-6-4-8(11-12(6)2)7(10)5-9(13)14-3/h4,7H,5,10H2,1-3H3. The van der Waals surface area contributed by atoms with Crippen molar-refractivity contribution >= 4 is 5.97 Å². The lowest BCUT2D eigenvalue weighted by atomic mass is 10.1. The van der Waals surface area contributed by atoms with Gasteiger partial charge in [0.05, 0.1) is 25.3 Å². The molecule has 0 bridgehead atoms. The number of methoxy groups -OCH3 is 1. The summed E-state index contributed by atoms with van der Waals surface area (Å²) in [5.41, 5.74) is 7.51. The number of rotatable bonds is 3. The van der Waals surface area contributed by atoms with Gasteiger partial charge in [0.1, 0.15) is 0 Å². The molecule has 5 nitrogen and oxygen atoms in total. The van der Waals surface area contributed by atoms with Crippen LogP contribution in [0.4, 0.5) is 0 Å². The molecule has 0 spiro atoms. The van der Waals surface area contributed by atoms with E-state index in [2.05, 4.69) is 9.84 Å². The third-order valence-electron chi connectivity index (χ3n) is 2.13. The second-order valence-electron chi connectivity index (χ2n) is 3.22. The van der Waals surface area contributed by atoms with Crippen LogP contribution in [0.25, 0.3) is 0 Å². The van der Waals surface area contributed by atoms with Gasteiger partial charge in [-0.25, -0.2) is 0 Å². The highest BCUT2D eigenvalue weighted by molar-refractivity contribution is 5.70. The molecule has 1 unspecified atom stereocenters. The molecule has 1 rings (SSSR count). The number of carbonyl (C=O) groups is 1. The molecule has 0 fully saturated rings. The van der Waals surface area contributed by atoms with Gasteiger partial charge in [0.2, 0.25) is 0 Å². The predicted octanol–water partition coefficient (Wildman–Crippen LogP) is 0.291. The molecule has 0 aliphatic rings. The van der Waals surface area contributed by atoms with E-state index in [4.69, 9.17) is 5.73 Å². The highest BCUT2D eigenvalue weighted by Crippen LogP contribution is 2.13. The average Bonchev–Trinajstić information content (AvgIpc) is 2.47. The van der Waals surface area contributed by atoms with E-state index in [1.54, 1.807) is 4.68 Å². The van der Waals surface area contributed by atoms with E-state index in [1.165, 1.54) is 7.11 Å². The molecule has 0 saturated heterocycles. The van der Waals surface area contributed by atoms with Crippen LogP contribution in [0.1, 0.15) is 23.9 Å². The summed E-state index contributed by atoms with van der Waals surface area (Å²) in [6.45, 7) is 1.93. The van der Waals surface area contributed by atoms with Gasteiger partial charge >= 0.3 is 5.97 Å². The zero-order valence-electron chi connectivity index (χ0n) is 8.65. The Bertz CT molecular complexity index is 313. The van der Waals surface area contributed by atoms with Crippen molar-refractivity contribution < 1.29 is 9.53 Å². The maximum Gasteiger partial charge on any atom is 0.307 e. The topological polar surface area (TPSA) is 70.1 Å². The Hall–Kier alpha value is -1.36. The summed E-state index contributed by atoms with van der Waals surface area (Å²) >= 11 is 0. The van der Waals surface area contributed by atoms with Crippen molar-refractivity contribution in [3.05, 3.63) is 17.5 Å². The molecule has 1 aromatic heterocycles. The van der Waals surface area contributed by atoms with Gasteiger partial charge in [-0.05, 0) is 13.0 Å². The smallest absolute Gasteiger partial charge is 0.307 e. The Morgan fingerprint density at radius 3 is 2.86 bits per heavy atom. The van der Waals surface area contributed by atoms with E-state index in [0.717, 1.165) is 11.4 Å². The third kappa shape index (κ3) is 2.32. The minimum atomic E-state index is -0.387. The molecule has 2 N–H and O–H groups in total. The molecule has 0 radical (unpaired) electrons.